The Labute approximate surface area is 116 Å². The van der Waals surface area contributed by atoms with Crippen LogP contribution in [0.3, 0.4) is 0 Å². The molecule has 0 aliphatic heterocycles. The Morgan fingerprint density at radius 1 is 0.789 bits per heavy atom. The molecule has 2 aromatic carbocycles. The maximum atomic E-state index is 12.6. The lowest BCUT2D eigenvalue weighted by Gasteiger charge is -2.19. The van der Waals surface area contributed by atoms with E-state index < -0.39 is 0 Å². The number of hydrogen-bond donors (Lipinski definition) is 0. The molecule has 0 amide bonds. The van der Waals surface area contributed by atoms with Crippen molar-refractivity contribution < 1.29 is 9.59 Å². The minimum absolute atomic E-state index is 0.0779. The Hall–Kier alpha value is -1.93. The van der Waals surface area contributed by atoms with Gasteiger partial charge in [0.15, 0.2) is 11.6 Å². The number of aryl methyl sites for hydroxylation is 1. The zero-order valence-electron chi connectivity index (χ0n) is 10.2. The number of halogens is 1. The zero-order valence-corrected chi connectivity index (χ0v) is 10.9. The third-order valence-electron chi connectivity index (χ3n) is 3.40. The predicted octanol–water partition coefficient (Wildman–Crippen LogP) is 3.24. The molecule has 0 aromatic heterocycles. The van der Waals surface area contributed by atoms with Gasteiger partial charge in [0.05, 0.1) is 0 Å². The number of benzene rings is 2. The average Bonchev–Trinajstić information content (AvgIpc) is 2.45. The van der Waals surface area contributed by atoms with Crippen LogP contribution in [0.15, 0.2) is 42.5 Å². The van der Waals surface area contributed by atoms with Crippen LogP contribution >= 0.6 is 11.6 Å². The standard InChI is InChI=1S/C16H11ClO2/c17-9-8-10-4-3-7-13-14(10)16(19)12-6-2-1-5-11(12)15(13)18/h1-7H,8-9H2. The van der Waals surface area contributed by atoms with Gasteiger partial charge in [-0.2, -0.15) is 0 Å². The topological polar surface area (TPSA) is 34.1 Å². The summed E-state index contributed by atoms with van der Waals surface area (Å²) in [7, 11) is 0. The molecule has 0 bridgehead atoms. The second-order valence-electron chi connectivity index (χ2n) is 4.48. The maximum absolute atomic E-state index is 12.6. The van der Waals surface area contributed by atoms with E-state index in [0.717, 1.165) is 5.56 Å². The summed E-state index contributed by atoms with van der Waals surface area (Å²) in [6, 6.07) is 12.3. The number of carbonyl (C=O) groups is 2. The predicted molar refractivity (Wildman–Crippen MR) is 74.2 cm³/mol. The summed E-state index contributed by atoms with van der Waals surface area (Å²) in [6.45, 7) is 0. The lowest BCUT2D eigenvalue weighted by Crippen LogP contribution is -2.22. The number of carbonyl (C=O) groups excluding carboxylic acids is 2. The van der Waals surface area contributed by atoms with Crippen molar-refractivity contribution in [2.45, 2.75) is 6.42 Å². The summed E-state index contributed by atoms with van der Waals surface area (Å²) in [4.78, 5) is 25.0. The zero-order chi connectivity index (χ0) is 13.4. The Kier molecular flexibility index (Phi) is 2.96. The van der Waals surface area contributed by atoms with E-state index in [1.807, 2.05) is 6.07 Å². The van der Waals surface area contributed by atoms with Crippen LogP contribution in [0.5, 0.6) is 0 Å². The van der Waals surface area contributed by atoms with Gasteiger partial charge in [0.25, 0.3) is 0 Å². The quantitative estimate of drug-likeness (QED) is 0.670. The Bertz CT molecular complexity index is 689. The highest BCUT2D eigenvalue weighted by atomic mass is 35.5. The van der Waals surface area contributed by atoms with E-state index in [4.69, 9.17) is 11.6 Å². The largest absolute Gasteiger partial charge is 0.289 e. The first-order valence-electron chi connectivity index (χ1n) is 6.10. The monoisotopic (exact) mass is 270 g/mol. The summed E-state index contributed by atoms with van der Waals surface area (Å²) < 4.78 is 0. The van der Waals surface area contributed by atoms with Crippen LogP contribution in [0, 0.1) is 0 Å². The number of rotatable bonds is 2. The number of alkyl halides is 1. The van der Waals surface area contributed by atoms with Gasteiger partial charge >= 0.3 is 0 Å². The second-order valence-corrected chi connectivity index (χ2v) is 4.86. The number of hydrogen-bond acceptors (Lipinski definition) is 2. The van der Waals surface area contributed by atoms with Crippen molar-refractivity contribution in [1.29, 1.82) is 0 Å². The molecule has 3 rings (SSSR count). The highest BCUT2D eigenvalue weighted by Gasteiger charge is 2.30. The molecule has 1 aliphatic rings. The van der Waals surface area contributed by atoms with Crippen LogP contribution in [-0.2, 0) is 6.42 Å². The van der Waals surface area contributed by atoms with Crippen molar-refractivity contribution in [2.24, 2.45) is 0 Å². The van der Waals surface area contributed by atoms with Gasteiger partial charge in [-0.1, -0.05) is 42.5 Å². The lowest BCUT2D eigenvalue weighted by molar-refractivity contribution is 0.0978. The molecule has 0 heterocycles. The van der Waals surface area contributed by atoms with Gasteiger partial charge in [0.2, 0.25) is 0 Å². The molecule has 0 fully saturated rings. The van der Waals surface area contributed by atoms with Crippen LogP contribution in [-0.4, -0.2) is 17.4 Å². The molecule has 0 radical (unpaired) electrons. The summed E-state index contributed by atoms with van der Waals surface area (Å²) in [5.41, 5.74) is 2.84. The van der Waals surface area contributed by atoms with E-state index in [-0.39, 0.29) is 11.6 Å². The van der Waals surface area contributed by atoms with E-state index >= 15 is 0 Å². The molecule has 0 saturated heterocycles. The van der Waals surface area contributed by atoms with E-state index in [1.54, 1.807) is 36.4 Å². The molecular weight excluding hydrogens is 260 g/mol. The first-order chi connectivity index (χ1) is 9.24. The molecule has 94 valence electrons. The Balaban J connectivity index is 2.27. The average molecular weight is 271 g/mol. The van der Waals surface area contributed by atoms with Crippen molar-refractivity contribution in [3.05, 3.63) is 70.3 Å². The molecule has 0 spiro atoms. The minimum atomic E-state index is -0.0818. The van der Waals surface area contributed by atoms with E-state index in [9.17, 15) is 9.59 Å². The van der Waals surface area contributed by atoms with Crippen LogP contribution < -0.4 is 0 Å². The molecule has 0 N–H and O–H groups in total. The van der Waals surface area contributed by atoms with E-state index in [2.05, 4.69) is 0 Å². The van der Waals surface area contributed by atoms with Crippen LogP contribution in [0.1, 0.15) is 37.4 Å². The number of fused-ring (bicyclic) bond motifs is 2. The second kappa shape index (κ2) is 4.63. The van der Waals surface area contributed by atoms with Gasteiger partial charge < -0.3 is 0 Å². The lowest BCUT2D eigenvalue weighted by atomic mass is 9.81. The highest BCUT2D eigenvalue weighted by Crippen LogP contribution is 2.29. The maximum Gasteiger partial charge on any atom is 0.194 e. The smallest absolute Gasteiger partial charge is 0.194 e. The van der Waals surface area contributed by atoms with Crippen molar-refractivity contribution in [2.75, 3.05) is 5.88 Å². The molecule has 0 unspecified atom stereocenters. The minimum Gasteiger partial charge on any atom is -0.289 e. The molecule has 2 nitrogen and oxygen atoms in total. The van der Waals surface area contributed by atoms with Crippen LogP contribution in [0.2, 0.25) is 0 Å². The summed E-state index contributed by atoms with van der Waals surface area (Å²) >= 11 is 5.77. The van der Waals surface area contributed by atoms with Gasteiger partial charge in [-0.3, -0.25) is 9.59 Å². The fourth-order valence-corrected chi connectivity index (χ4v) is 2.73. The Morgan fingerprint density at radius 2 is 1.42 bits per heavy atom. The van der Waals surface area contributed by atoms with E-state index in [1.165, 1.54) is 0 Å². The summed E-state index contributed by atoms with van der Waals surface area (Å²) in [5, 5.41) is 0. The van der Waals surface area contributed by atoms with Crippen LogP contribution in [0.25, 0.3) is 0 Å². The fraction of sp³-hybridized carbons (Fsp3) is 0.125. The first kappa shape index (κ1) is 12.1. The first-order valence-corrected chi connectivity index (χ1v) is 6.63. The number of ketones is 2. The van der Waals surface area contributed by atoms with Gasteiger partial charge in [-0.15, -0.1) is 11.6 Å². The fourth-order valence-electron chi connectivity index (χ4n) is 2.53. The van der Waals surface area contributed by atoms with Gasteiger partial charge in [0.1, 0.15) is 0 Å². The SMILES string of the molecule is O=C1c2ccccc2C(=O)c2c(CCCl)cccc21. The third-order valence-corrected chi connectivity index (χ3v) is 3.59. The van der Waals surface area contributed by atoms with Gasteiger partial charge in [0, 0.05) is 28.1 Å². The Morgan fingerprint density at radius 3 is 2.11 bits per heavy atom. The molecule has 0 saturated carbocycles. The summed E-state index contributed by atoms with van der Waals surface area (Å²) in [6.07, 6.45) is 0.589. The molecule has 3 heteroatoms. The summed E-state index contributed by atoms with van der Waals surface area (Å²) in [5.74, 6) is 0.270. The molecular formula is C16H11ClO2. The van der Waals surface area contributed by atoms with Gasteiger partial charge in [-0.05, 0) is 12.0 Å². The molecule has 1 aliphatic carbocycles. The van der Waals surface area contributed by atoms with Gasteiger partial charge in [-0.25, -0.2) is 0 Å². The van der Waals surface area contributed by atoms with Crippen molar-refractivity contribution in [3.8, 4) is 0 Å². The molecule has 2 aromatic rings. The van der Waals surface area contributed by atoms with Crippen molar-refractivity contribution in [1.82, 2.24) is 0 Å². The van der Waals surface area contributed by atoms with E-state index in [0.29, 0.717) is 34.6 Å². The molecule has 19 heavy (non-hydrogen) atoms. The van der Waals surface area contributed by atoms with Crippen molar-refractivity contribution >= 4 is 23.2 Å². The normalized spacial score (nSPS) is 13.1. The highest BCUT2D eigenvalue weighted by molar-refractivity contribution is 6.29. The third kappa shape index (κ3) is 1.80. The van der Waals surface area contributed by atoms with Crippen LogP contribution in [0.4, 0.5) is 0 Å². The molecule has 0 atom stereocenters. The van der Waals surface area contributed by atoms with Crippen molar-refractivity contribution in [3.63, 3.8) is 0 Å².